The zero-order valence-corrected chi connectivity index (χ0v) is 11.9. The topological polar surface area (TPSA) is 41.5 Å². The molecule has 0 amide bonds. The van der Waals surface area contributed by atoms with Crippen LogP contribution >= 0.6 is 0 Å². The van der Waals surface area contributed by atoms with Crippen molar-refractivity contribution in [1.29, 1.82) is 0 Å². The molecule has 0 aromatic carbocycles. The molecule has 1 unspecified atom stereocenters. The normalized spacial score (nSPS) is 26.3. The summed E-state index contributed by atoms with van der Waals surface area (Å²) in [6.45, 7) is 10.1. The Bertz CT molecular complexity index is 226. The average Bonchev–Trinajstić information content (AvgIpc) is 2.40. The molecular weight excluding hydrogens is 214 g/mol. The number of rotatable bonds is 7. The molecule has 1 fully saturated rings. The molecule has 3 nitrogen and oxygen atoms in total. The molecular formula is C14H29NO2. The summed E-state index contributed by atoms with van der Waals surface area (Å²) in [4.78, 5) is 0. The fourth-order valence-corrected chi connectivity index (χ4v) is 2.75. The third-order valence-corrected chi connectivity index (χ3v) is 3.55. The van der Waals surface area contributed by atoms with Crippen LogP contribution in [0.1, 0.15) is 59.8 Å². The molecule has 1 rings (SSSR count). The molecule has 17 heavy (non-hydrogen) atoms. The van der Waals surface area contributed by atoms with E-state index in [2.05, 4.69) is 33.0 Å². The van der Waals surface area contributed by atoms with Gasteiger partial charge in [0.1, 0.15) is 0 Å². The van der Waals surface area contributed by atoms with Crippen LogP contribution in [0.25, 0.3) is 0 Å². The van der Waals surface area contributed by atoms with Crippen LogP contribution in [0.2, 0.25) is 0 Å². The van der Waals surface area contributed by atoms with Crippen molar-refractivity contribution in [1.82, 2.24) is 5.32 Å². The maximum Gasteiger partial charge on any atom is 0.0787 e. The Balaban J connectivity index is 2.19. The van der Waals surface area contributed by atoms with Gasteiger partial charge in [0.15, 0.2) is 0 Å². The van der Waals surface area contributed by atoms with Gasteiger partial charge in [0.25, 0.3) is 0 Å². The van der Waals surface area contributed by atoms with Crippen LogP contribution in [0, 0.1) is 0 Å². The summed E-state index contributed by atoms with van der Waals surface area (Å²) < 4.78 is 6.05. The second-order valence-corrected chi connectivity index (χ2v) is 6.31. The highest BCUT2D eigenvalue weighted by molar-refractivity contribution is 4.98. The van der Waals surface area contributed by atoms with Gasteiger partial charge in [0.2, 0.25) is 0 Å². The van der Waals surface area contributed by atoms with Crippen LogP contribution in [0.5, 0.6) is 0 Å². The number of aliphatic hydroxyl groups is 1. The SMILES string of the molecule is CC1(C)CC(NCCCCCCO)C(C)(C)O1. The molecule has 102 valence electrons. The second-order valence-electron chi connectivity index (χ2n) is 6.31. The molecule has 2 N–H and O–H groups in total. The molecule has 1 aliphatic rings. The molecule has 0 aliphatic carbocycles. The van der Waals surface area contributed by atoms with Crippen molar-refractivity contribution in [3.8, 4) is 0 Å². The first-order chi connectivity index (χ1) is 7.87. The van der Waals surface area contributed by atoms with Gasteiger partial charge in [0, 0.05) is 12.6 Å². The van der Waals surface area contributed by atoms with E-state index in [4.69, 9.17) is 9.84 Å². The Kier molecular flexibility index (Phi) is 5.42. The molecule has 1 heterocycles. The van der Waals surface area contributed by atoms with E-state index in [0.717, 1.165) is 25.8 Å². The lowest BCUT2D eigenvalue weighted by Crippen LogP contribution is -2.43. The molecule has 0 aromatic rings. The third-order valence-electron chi connectivity index (χ3n) is 3.55. The molecule has 1 atom stereocenters. The van der Waals surface area contributed by atoms with Crippen LogP contribution in [0.3, 0.4) is 0 Å². The quantitative estimate of drug-likeness (QED) is 0.675. The van der Waals surface area contributed by atoms with E-state index in [1.165, 1.54) is 12.8 Å². The van der Waals surface area contributed by atoms with Crippen molar-refractivity contribution in [3.63, 3.8) is 0 Å². The highest BCUT2D eigenvalue weighted by Gasteiger charge is 2.45. The minimum atomic E-state index is -0.0609. The highest BCUT2D eigenvalue weighted by atomic mass is 16.5. The van der Waals surface area contributed by atoms with E-state index in [1.54, 1.807) is 0 Å². The molecule has 3 heteroatoms. The molecule has 0 spiro atoms. The van der Waals surface area contributed by atoms with Crippen molar-refractivity contribution in [3.05, 3.63) is 0 Å². The third kappa shape index (κ3) is 4.94. The van der Waals surface area contributed by atoms with Gasteiger partial charge < -0.3 is 15.2 Å². The van der Waals surface area contributed by atoms with Crippen LogP contribution in [-0.2, 0) is 4.74 Å². The Labute approximate surface area is 106 Å². The maximum atomic E-state index is 8.69. The smallest absolute Gasteiger partial charge is 0.0787 e. The summed E-state index contributed by atoms with van der Waals surface area (Å²) in [5.74, 6) is 0. The van der Waals surface area contributed by atoms with E-state index >= 15 is 0 Å². The summed E-state index contributed by atoms with van der Waals surface area (Å²) in [7, 11) is 0. The fourth-order valence-electron chi connectivity index (χ4n) is 2.75. The van der Waals surface area contributed by atoms with Gasteiger partial charge in [-0.2, -0.15) is 0 Å². The summed E-state index contributed by atoms with van der Waals surface area (Å²) in [5, 5.41) is 12.3. The van der Waals surface area contributed by atoms with Crippen LogP contribution in [-0.4, -0.2) is 35.5 Å². The number of aliphatic hydroxyl groups excluding tert-OH is 1. The lowest BCUT2D eigenvalue weighted by molar-refractivity contribution is -0.0697. The summed E-state index contributed by atoms with van der Waals surface area (Å²) >= 11 is 0. The number of hydrogen-bond donors (Lipinski definition) is 2. The lowest BCUT2D eigenvalue weighted by atomic mass is 9.94. The monoisotopic (exact) mass is 243 g/mol. The minimum Gasteiger partial charge on any atom is -0.396 e. The number of nitrogens with one attached hydrogen (secondary N) is 1. The fraction of sp³-hybridized carbons (Fsp3) is 1.00. The van der Waals surface area contributed by atoms with Crippen molar-refractivity contribution < 1.29 is 9.84 Å². The van der Waals surface area contributed by atoms with Crippen LogP contribution < -0.4 is 5.32 Å². The van der Waals surface area contributed by atoms with E-state index in [1.807, 2.05) is 0 Å². The Morgan fingerprint density at radius 3 is 2.29 bits per heavy atom. The summed E-state index contributed by atoms with van der Waals surface area (Å²) in [6.07, 6.45) is 5.54. The maximum absolute atomic E-state index is 8.69. The predicted octanol–water partition coefficient (Wildman–Crippen LogP) is 2.47. The summed E-state index contributed by atoms with van der Waals surface area (Å²) in [6, 6.07) is 0.454. The molecule has 1 saturated heterocycles. The van der Waals surface area contributed by atoms with Crippen LogP contribution in [0.15, 0.2) is 0 Å². The number of ether oxygens (including phenoxy) is 1. The van der Waals surface area contributed by atoms with Gasteiger partial charge in [-0.05, 0) is 53.5 Å². The first-order valence-electron chi connectivity index (χ1n) is 6.92. The van der Waals surface area contributed by atoms with Crippen LogP contribution in [0.4, 0.5) is 0 Å². The summed E-state index contributed by atoms with van der Waals surface area (Å²) in [5.41, 5.74) is -0.0628. The lowest BCUT2D eigenvalue weighted by Gasteiger charge is -2.27. The average molecular weight is 243 g/mol. The van der Waals surface area contributed by atoms with E-state index < -0.39 is 0 Å². The Morgan fingerprint density at radius 1 is 1.12 bits per heavy atom. The molecule has 1 aliphatic heterocycles. The molecule has 0 aromatic heterocycles. The Hall–Kier alpha value is -0.120. The first-order valence-corrected chi connectivity index (χ1v) is 6.92. The van der Waals surface area contributed by atoms with Gasteiger partial charge in [-0.15, -0.1) is 0 Å². The molecule has 0 bridgehead atoms. The zero-order valence-electron chi connectivity index (χ0n) is 11.9. The number of unbranched alkanes of at least 4 members (excludes halogenated alkanes) is 3. The minimum absolute atomic E-state index is 0.00193. The van der Waals surface area contributed by atoms with Crippen molar-refractivity contribution in [2.45, 2.75) is 77.0 Å². The predicted molar refractivity (Wildman–Crippen MR) is 71.2 cm³/mol. The highest BCUT2D eigenvalue weighted by Crippen LogP contribution is 2.37. The van der Waals surface area contributed by atoms with Crippen molar-refractivity contribution >= 4 is 0 Å². The van der Waals surface area contributed by atoms with Crippen molar-refractivity contribution in [2.24, 2.45) is 0 Å². The van der Waals surface area contributed by atoms with Gasteiger partial charge in [-0.25, -0.2) is 0 Å². The standard InChI is InChI=1S/C14H29NO2/c1-13(2)11-12(14(3,4)17-13)15-9-7-5-6-8-10-16/h12,15-16H,5-11H2,1-4H3. The first kappa shape index (κ1) is 14.9. The van der Waals surface area contributed by atoms with E-state index in [0.29, 0.717) is 12.6 Å². The molecule has 0 saturated carbocycles. The van der Waals surface area contributed by atoms with E-state index in [-0.39, 0.29) is 11.2 Å². The van der Waals surface area contributed by atoms with Gasteiger partial charge in [-0.3, -0.25) is 0 Å². The van der Waals surface area contributed by atoms with Gasteiger partial charge in [-0.1, -0.05) is 12.8 Å². The van der Waals surface area contributed by atoms with E-state index in [9.17, 15) is 0 Å². The largest absolute Gasteiger partial charge is 0.396 e. The van der Waals surface area contributed by atoms with Crippen molar-refractivity contribution in [2.75, 3.05) is 13.2 Å². The Morgan fingerprint density at radius 2 is 1.76 bits per heavy atom. The zero-order chi connectivity index (χ0) is 12.9. The van der Waals surface area contributed by atoms with Gasteiger partial charge >= 0.3 is 0 Å². The molecule has 0 radical (unpaired) electrons. The second kappa shape index (κ2) is 6.17. The van der Waals surface area contributed by atoms with Gasteiger partial charge in [0.05, 0.1) is 11.2 Å². The number of hydrogen-bond acceptors (Lipinski definition) is 3.